The molecule has 19 heavy (non-hydrogen) atoms. The second kappa shape index (κ2) is 6.38. The van der Waals surface area contributed by atoms with E-state index in [9.17, 15) is 0 Å². The predicted molar refractivity (Wildman–Crippen MR) is 77.7 cm³/mol. The molecule has 4 heteroatoms. The fourth-order valence-electron chi connectivity index (χ4n) is 2.09. The third-order valence-electron chi connectivity index (χ3n) is 3.15. The number of ether oxygens (including phenoxy) is 1. The minimum Gasteiger partial charge on any atom is -0.497 e. The van der Waals surface area contributed by atoms with Gasteiger partial charge in [0.1, 0.15) is 11.6 Å². The topological polar surface area (TPSA) is 54.4 Å². The van der Waals surface area contributed by atoms with E-state index < -0.39 is 0 Å². The van der Waals surface area contributed by atoms with Gasteiger partial charge in [-0.2, -0.15) is 0 Å². The Kier molecular flexibility index (Phi) is 4.58. The average molecular weight is 260 g/mol. The number of aromatic nitrogens is 1. The minimum absolute atomic E-state index is 0.225. The number of hydrogen-bond acceptors (Lipinski definition) is 4. The number of aliphatic hydroxyl groups excluding tert-OH is 1. The van der Waals surface area contributed by atoms with Crippen LogP contribution in [0.1, 0.15) is 19.8 Å². The van der Waals surface area contributed by atoms with Gasteiger partial charge in [0.15, 0.2) is 0 Å². The van der Waals surface area contributed by atoms with E-state index >= 15 is 0 Å². The number of benzene rings is 1. The first-order chi connectivity index (χ1) is 9.24. The Morgan fingerprint density at radius 2 is 2.21 bits per heavy atom. The van der Waals surface area contributed by atoms with Gasteiger partial charge in [-0.1, -0.05) is 6.07 Å². The molecule has 2 rings (SSSR count). The van der Waals surface area contributed by atoms with Gasteiger partial charge in [0, 0.05) is 24.2 Å². The Labute approximate surface area is 113 Å². The molecule has 0 aliphatic heterocycles. The summed E-state index contributed by atoms with van der Waals surface area (Å²) in [4.78, 5) is 4.40. The summed E-state index contributed by atoms with van der Waals surface area (Å²) in [7, 11) is 1.66. The van der Waals surface area contributed by atoms with Gasteiger partial charge in [-0.05, 0) is 43.4 Å². The molecule has 0 saturated heterocycles. The first kappa shape index (κ1) is 13.6. The number of fused-ring (bicyclic) bond motifs is 1. The lowest BCUT2D eigenvalue weighted by atomic mass is 10.1. The van der Waals surface area contributed by atoms with Crippen molar-refractivity contribution in [1.82, 2.24) is 4.98 Å². The van der Waals surface area contributed by atoms with Crippen LogP contribution >= 0.6 is 0 Å². The van der Waals surface area contributed by atoms with Gasteiger partial charge in [0.25, 0.3) is 0 Å². The van der Waals surface area contributed by atoms with Gasteiger partial charge < -0.3 is 15.2 Å². The zero-order valence-corrected chi connectivity index (χ0v) is 11.4. The van der Waals surface area contributed by atoms with Crippen LogP contribution in [-0.2, 0) is 0 Å². The molecular weight excluding hydrogens is 240 g/mol. The van der Waals surface area contributed by atoms with Crippen LogP contribution in [-0.4, -0.2) is 29.8 Å². The monoisotopic (exact) mass is 260 g/mol. The summed E-state index contributed by atoms with van der Waals surface area (Å²) in [6, 6.07) is 8.22. The van der Waals surface area contributed by atoms with E-state index in [1.807, 2.05) is 24.3 Å². The normalized spacial score (nSPS) is 12.4. The summed E-state index contributed by atoms with van der Waals surface area (Å²) in [5.74, 6) is 1.69. The van der Waals surface area contributed by atoms with Crippen molar-refractivity contribution in [1.29, 1.82) is 0 Å². The van der Waals surface area contributed by atoms with Crippen LogP contribution in [0.2, 0.25) is 0 Å². The van der Waals surface area contributed by atoms with Gasteiger partial charge in [0.05, 0.1) is 7.11 Å². The maximum Gasteiger partial charge on any atom is 0.134 e. The van der Waals surface area contributed by atoms with E-state index in [1.165, 1.54) is 0 Å². The number of hydrogen-bond donors (Lipinski definition) is 2. The maximum atomic E-state index is 8.86. The molecule has 102 valence electrons. The van der Waals surface area contributed by atoms with Crippen molar-refractivity contribution >= 4 is 16.6 Å². The lowest BCUT2D eigenvalue weighted by Gasteiger charge is -2.15. The highest BCUT2D eigenvalue weighted by atomic mass is 16.5. The van der Waals surface area contributed by atoms with Crippen molar-refractivity contribution < 1.29 is 9.84 Å². The van der Waals surface area contributed by atoms with Gasteiger partial charge in [-0.15, -0.1) is 0 Å². The number of methoxy groups -OCH3 is 1. The second-order valence-corrected chi connectivity index (χ2v) is 4.66. The smallest absolute Gasteiger partial charge is 0.134 e. The fraction of sp³-hybridized carbons (Fsp3) is 0.400. The lowest BCUT2D eigenvalue weighted by molar-refractivity contribution is 0.282. The summed E-state index contributed by atoms with van der Waals surface area (Å²) in [5, 5.41) is 14.4. The number of pyridine rings is 1. The summed E-state index contributed by atoms with van der Waals surface area (Å²) in [6.07, 6.45) is 3.51. The maximum absolute atomic E-state index is 8.86. The number of nitrogens with one attached hydrogen (secondary N) is 1. The molecule has 0 radical (unpaired) electrons. The highest BCUT2D eigenvalue weighted by Gasteiger charge is 2.07. The Morgan fingerprint density at radius 1 is 1.37 bits per heavy atom. The first-order valence-corrected chi connectivity index (χ1v) is 6.54. The highest BCUT2D eigenvalue weighted by molar-refractivity contribution is 5.92. The van der Waals surface area contributed by atoms with Gasteiger partial charge in [-0.3, -0.25) is 0 Å². The Balaban J connectivity index is 2.26. The second-order valence-electron chi connectivity index (χ2n) is 4.66. The van der Waals surface area contributed by atoms with Crippen LogP contribution in [0, 0.1) is 0 Å². The quantitative estimate of drug-likeness (QED) is 0.838. The van der Waals surface area contributed by atoms with Crippen LogP contribution in [0.4, 0.5) is 5.82 Å². The van der Waals surface area contributed by atoms with Crippen LogP contribution < -0.4 is 10.1 Å². The molecule has 1 aromatic carbocycles. The molecule has 0 amide bonds. The number of rotatable bonds is 6. The van der Waals surface area contributed by atoms with Crippen molar-refractivity contribution in [3.63, 3.8) is 0 Å². The van der Waals surface area contributed by atoms with Crippen molar-refractivity contribution in [3.05, 3.63) is 30.5 Å². The number of nitrogens with zero attached hydrogens (tertiary/aromatic N) is 1. The molecule has 1 unspecified atom stereocenters. The van der Waals surface area contributed by atoms with Gasteiger partial charge >= 0.3 is 0 Å². The fourth-order valence-corrected chi connectivity index (χ4v) is 2.09. The Morgan fingerprint density at radius 3 is 2.95 bits per heavy atom. The van der Waals surface area contributed by atoms with Crippen molar-refractivity contribution in [2.45, 2.75) is 25.8 Å². The molecule has 1 atom stereocenters. The summed E-state index contributed by atoms with van der Waals surface area (Å²) < 4.78 is 5.26. The number of aliphatic hydroxyl groups is 1. The zero-order valence-electron chi connectivity index (χ0n) is 11.4. The first-order valence-electron chi connectivity index (χ1n) is 6.54. The molecule has 1 heterocycles. The molecule has 2 N–H and O–H groups in total. The molecule has 0 saturated carbocycles. The van der Waals surface area contributed by atoms with Crippen LogP contribution in [0.3, 0.4) is 0 Å². The van der Waals surface area contributed by atoms with Crippen molar-refractivity contribution in [2.24, 2.45) is 0 Å². The lowest BCUT2D eigenvalue weighted by Crippen LogP contribution is -2.16. The molecule has 1 aromatic heterocycles. The highest BCUT2D eigenvalue weighted by Crippen LogP contribution is 2.26. The summed E-state index contributed by atoms with van der Waals surface area (Å²) in [5.41, 5.74) is 0. The average Bonchev–Trinajstić information content (AvgIpc) is 2.45. The summed E-state index contributed by atoms with van der Waals surface area (Å²) in [6.45, 7) is 2.32. The van der Waals surface area contributed by atoms with Crippen molar-refractivity contribution in [2.75, 3.05) is 19.0 Å². The van der Waals surface area contributed by atoms with E-state index in [1.54, 1.807) is 13.3 Å². The molecule has 4 nitrogen and oxygen atoms in total. The minimum atomic E-state index is 0.225. The van der Waals surface area contributed by atoms with Crippen LogP contribution in [0.5, 0.6) is 5.75 Å². The molecule has 2 aromatic rings. The Bertz CT molecular complexity index is 543. The standard InChI is InChI=1S/C15H20N2O2/c1-11(4-3-9-18)17-15-14-10-13(19-2)6-5-12(14)7-8-16-15/h5-8,10-11,18H,3-4,9H2,1-2H3,(H,16,17). The predicted octanol–water partition coefficient (Wildman–Crippen LogP) is 2.82. The molecule has 0 bridgehead atoms. The SMILES string of the molecule is COc1ccc2ccnc(NC(C)CCCO)c2c1. The third kappa shape index (κ3) is 3.35. The van der Waals surface area contributed by atoms with Crippen LogP contribution in [0.25, 0.3) is 10.8 Å². The third-order valence-corrected chi connectivity index (χ3v) is 3.15. The van der Waals surface area contributed by atoms with E-state index in [-0.39, 0.29) is 12.6 Å². The van der Waals surface area contributed by atoms with E-state index in [0.717, 1.165) is 35.2 Å². The van der Waals surface area contributed by atoms with Crippen LogP contribution in [0.15, 0.2) is 30.5 Å². The molecule has 0 aliphatic rings. The van der Waals surface area contributed by atoms with E-state index in [2.05, 4.69) is 17.2 Å². The molecule has 0 aliphatic carbocycles. The van der Waals surface area contributed by atoms with Gasteiger partial charge in [0.2, 0.25) is 0 Å². The molecule has 0 fully saturated rings. The number of anilines is 1. The van der Waals surface area contributed by atoms with Crippen molar-refractivity contribution in [3.8, 4) is 5.75 Å². The summed E-state index contributed by atoms with van der Waals surface area (Å²) >= 11 is 0. The van der Waals surface area contributed by atoms with Gasteiger partial charge in [-0.25, -0.2) is 4.98 Å². The molecule has 0 spiro atoms. The van der Waals surface area contributed by atoms with E-state index in [0.29, 0.717) is 0 Å². The van der Waals surface area contributed by atoms with E-state index in [4.69, 9.17) is 9.84 Å². The largest absolute Gasteiger partial charge is 0.497 e. The molecular formula is C15H20N2O2. The Hall–Kier alpha value is -1.81. The zero-order chi connectivity index (χ0) is 13.7.